The molecule has 146 valence electrons. The second-order valence-electron chi connectivity index (χ2n) is 6.97. The summed E-state index contributed by atoms with van der Waals surface area (Å²) in [6.07, 6.45) is 0. The molecule has 6 heteroatoms. The van der Waals surface area contributed by atoms with Crippen LogP contribution in [0.4, 0.5) is 4.39 Å². The molecule has 0 amide bonds. The van der Waals surface area contributed by atoms with Gasteiger partial charge in [-0.25, -0.2) is 4.39 Å². The van der Waals surface area contributed by atoms with E-state index in [1.807, 2.05) is 36.0 Å². The summed E-state index contributed by atoms with van der Waals surface area (Å²) in [5, 5.41) is 1.20. The third kappa shape index (κ3) is 4.11. The molecule has 1 aliphatic heterocycles. The average molecular weight is 435 g/mol. The monoisotopic (exact) mass is 434 g/mol. The van der Waals surface area contributed by atoms with Crippen LogP contribution in [0.1, 0.15) is 11.3 Å². The van der Waals surface area contributed by atoms with Gasteiger partial charge in [-0.3, -0.25) is 4.90 Å². The smallest absolute Gasteiger partial charge is 0.123 e. The van der Waals surface area contributed by atoms with Crippen LogP contribution in [0.5, 0.6) is 0 Å². The fraction of sp³-hybridized carbons (Fsp3) is 0.273. The van der Waals surface area contributed by atoms with Crippen molar-refractivity contribution >= 4 is 35.0 Å². The van der Waals surface area contributed by atoms with Crippen molar-refractivity contribution in [3.05, 3.63) is 75.7 Å². The van der Waals surface area contributed by atoms with E-state index in [1.54, 1.807) is 6.07 Å². The molecule has 0 saturated carbocycles. The number of halogens is 3. The Morgan fingerprint density at radius 2 is 1.71 bits per heavy atom. The first kappa shape index (κ1) is 19.8. The van der Waals surface area contributed by atoms with E-state index in [9.17, 15) is 4.39 Å². The van der Waals surface area contributed by atoms with Gasteiger partial charge in [0.1, 0.15) is 5.82 Å². The number of benzene rings is 2. The normalized spacial score (nSPS) is 15.1. The highest BCUT2D eigenvalue weighted by Crippen LogP contribution is 2.34. The van der Waals surface area contributed by atoms with Crippen LogP contribution in [0.15, 0.2) is 48.5 Å². The second-order valence-corrected chi connectivity index (χ2v) is 9.04. The molecule has 1 saturated heterocycles. The Morgan fingerprint density at radius 3 is 2.39 bits per heavy atom. The molecule has 0 aliphatic carbocycles. The predicted octanol–water partition coefficient (Wildman–Crippen LogP) is 6.45. The molecule has 0 unspecified atom stereocenters. The maximum atomic E-state index is 13.5. The van der Waals surface area contributed by atoms with E-state index in [0.717, 1.165) is 42.3 Å². The number of nitrogens with zero attached hydrogens (tertiary/aromatic N) is 2. The van der Waals surface area contributed by atoms with E-state index in [-0.39, 0.29) is 5.82 Å². The van der Waals surface area contributed by atoms with Gasteiger partial charge in [0.25, 0.3) is 0 Å². The summed E-state index contributed by atoms with van der Waals surface area (Å²) in [6, 6.07) is 14.4. The summed E-state index contributed by atoms with van der Waals surface area (Å²) < 4.78 is 15.6. The standard InChI is InChI=1S/C22H21Cl2FN2S/c1-15-17(14-26-8-10-28-11-9-26)12-22(16-2-5-19(25)6-3-16)27(15)21-7-4-18(23)13-20(21)24/h2-7,12-13H,8-11,14H2,1H3. The molecule has 3 aromatic rings. The maximum absolute atomic E-state index is 13.5. The Morgan fingerprint density at radius 1 is 1.00 bits per heavy atom. The topological polar surface area (TPSA) is 8.17 Å². The fourth-order valence-corrected chi connectivity index (χ4v) is 5.10. The van der Waals surface area contributed by atoms with Gasteiger partial charge in [0.15, 0.2) is 0 Å². The fourth-order valence-electron chi connectivity index (χ4n) is 3.62. The summed E-state index contributed by atoms with van der Waals surface area (Å²) in [5.74, 6) is 2.11. The second kappa shape index (κ2) is 8.50. The largest absolute Gasteiger partial charge is 0.312 e. The van der Waals surface area contributed by atoms with Crippen molar-refractivity contribution in [1.29, 1.82) is 0 Å². The van der Waals surface area contributed by atoms with Crippen LogP contribution < -0.4 is 0 Å². The average Bonchev–Trinajstić information content (AvgIpc) is 3.00. The van der Waals surface area contributed by atoms with Crippen molar-refractivity contribution in [2.75, 3.05) is 24.6 Å². The van der Waals surface area contributed by atoms with Crippen LogP contribution >= 0.6 is 35.0 Å². The van der Waals surface area contributed by atoms with Crippen LogP contribution in [0.25, 0.3) is 16.9 Å². The molecule has 0 bridgehead atoms. The summed E-state index contributed by atoms with van der Waals surface area (Å²) in [5.41, 5.74) is 5.24. The Hall–Kier alpha value is -1.46. The Labute approximate surface area is 179 Å². The zero-order chi connectivity index (χ0) is 19.7. The lowest BCUT2D eigenvalue weighted by atomic mass is 10.1. The van der Waals surface area contributed by atoms with Crippen LogP contribution in [0.2, 0.25) is 10.0 Å². The summed E-state index contributed by atoms with van der Waals surface area (Å²) in [4.78, 5) is 2.49. The van der Waals surface area contributed by atoms with E-state index in [2.05, 4.69) is 22.5 Å². The van der Waals surface area contributed by atoms with Crippen LogP contribution in [0, 0.1) is 12.7 Å². The maximum Gasteiger partial charge on any atom is 0.123 e. The van der Waals surface area contributed by atoms with Crippen molar-refractivity contribution in [3.8, 4) is 16.9 Å². The molecule has 28 heavy (non-hydrogen) atoms. The number of hydrogen-bond donors (Lipinski definition) is 0. The molecule has 2 nitrogen and oxygen atoms in total. The zero-order valence-electron chi connectivity index (χ0n) is 15.6. The molecule has 2 heterocycles. The van der Waals surface area contributed by atoms with E-state index in [0.29, 0.717) is 10.0 Å². The molecule has 1 aliphatic rings. The van der Waals surface area contributed by atoms with Gasteiger partial charge in [0.2, 0.25) is 0 Å². The lowest BCUT2D eigenvalue weighted by Crippen LogP contribution is -2.32. The summed E-state index contributed by atoms with van der Waals surface area (Å²) >= 11 is 14.7. The summed E-state index contributed by atoms with van der Waals surface area (Å²) in [6.45, 7) is 5.22. The van der Waals surface area contributed by atoms with Gasteiger partial charge in [0, 0.05) is 41.9 Å². The highest BCUT2D eigenvalue weighted by molar-refractivity contribution is 7.99. The SMILES string of the molecule is Cc1c(CN2CCSCC2)cc(-c2ccc(F)cc2)n1-c1ccc(Cl)cc1Cl. The van der Waals surface area contributed by atoms with E-state index in [1.165, 1.54) is 29.2 Å². The molecule has 0 atom stereocenters. The lowest BCUT2D eigenvalue weighted by Gasteiger charge is -2.26. The van der Waals surface area contributed by atoms with Gasteiger partial charge >= 0.3 is 0 Å². The van der Waals surface area contributed by atoms with E-state index < -0.39 is 0 Å². The first-order chi connectivity index (χ1) is 13.5. The molecular weight excluding hydrogens is 414 g/mol. The van der Waals surface area contributed by atoms with Gasteiger partial charge < -0.3 is 4.57 Å². The Bertz CT molecular complexity index is 979. The number of aromatic nitrogens is 1. The lowest BCUT2D eigenvalue weighted by molar-refractivity contribution is 0.294. The first-order valence-electron chi connectivity index (χ1n) is 9.25. The third-order valence-electron chi connectivity index (χ3n) is 5.14. The third-order valence-corrected chi connectivity index (χ3v) is 6.62. The minimum absolute atomic E-state index is 0.242. The molecule has 2 aromatic carbocycles. The van der Waals surface area contributed by atoms with Gasteiger partial charge in [0.05, 0.1) is 16.4 Å². The number of hydrogen-bond acceptors (Lipinski definition) is 2. The molecule has 0 radical (unpaired) electrons. The minimum atomic E-state index is -0.242. The molecule has 4 rings (SSSR count). The van der Waals surface area contributed by atoms with Gasteiger partial charge in [-0.1, -0.05) is 23.2 Å². The predicted molar refractivity (Wildman–Crippen MR) is 119 cm³/mol. The number of thioether (sulfide) groups is 1. The van der Waals surface area contributed by atoms with E-state index >= 15 is 0 Å². The zero-order valence-corrected chi connectivity index (χ0v) is 17.9. The van der Waals surface area contributed by atoms with Crippen molar-refractivity contribution in [2.24, 2.45) is 0 Å². The van der Waals surface area contributed by atoms with Crippen molar-refractivity contribution in [3.63, 3.8) is 0 Å². The quantitative estimate of drug-likeness (QED) is 0.466. The van der Waals surface area contributed by atoms with Crippen LogP contribution in [0.3, 0.4) is 0 Å². The van der Waals surface area contributed by atoms with E-state index in [4.69, 9.17) is 23.2 Å². The molecule has 0 N–H and O–H groups in total. The van der Waals surface area contributed by atoms with Crippen LogP contribution in [-0.4, -0.2) is 34.1 Å². The molecular formula is C22H21Cl2FN2S. The molecule has 0 spiro atoms. The molecule has 1 aromatic heterocycles. The van der Waals surface area contributed by atoms with Crippen LogP contribution in [-0.2, 0) is 6.54 Å². The first-order valence-corrected chi connectivity index (χ1v) is 11.2. The highest BCUT2D eigenvalue weighted by atomic mass is 35.5. The Kier molecular flexibility index (Phi) is 6.02. The van der Waals surface area contributed by atoms with Crippen molar-refractivity contribution in [2.45, 2.75) is 13.5 Å². The molecule has 1 fully saturated rings. The van der Waals surface area contributed by atoms with Gasteiger partial charge in [-0.15, -0.1) is 0 Å². The van der Waals surface area contributed by atoms with Gasteiger partial charge in [-0.2, -0.15) is 11.8 Å². The highest BCUT2D eigenvalue weighted by Gasteiger charge is 2.19. The van der Waals surface area contributed by atoms with Crippen molar-refractivity contribution in [1.82, 2.24) is 9.47 Å². The Balaban J connectivity index is 1.82. The van der Waals surface area contributed by atoms with Crippen molar-refractivity contribution < 1.29 is 4.39 Å². The van der Waals surface area contributed by atoms with Gasteiger partial charge in [-0.05, 0) is 66.6 Å². The summed E-state index contributed by atoms with van der Waals surface area (Å²) in [7, 11) is 0. The minimum Gasteiger partial charge on any atom is -0.312 e. The number of rotatable bonds is 4.